The number of hydrogen-bond donors (Lipinski definition) is 2. The van der Waals surface area contributed by atoms with Crippen molar-refractivity contribution in [1.29, 1.82) is 5.26 Å². The molecule has 4 heterocycles. The van der Waals surface area contributed by atoms with Crippen molar-refractivity contribution in [2.45, 2.75) is 51.0 Å². The van der Waals surface area contributed by atoms with Crippen molar-refractivity contribution in [3.63, 3.8) is 0 Å². The van der Waals surface area contributed by atoms with Crippen molar-refractivity contribution in [1.82, 2.24) is 35.5 Å². The highest BCUT2D eigenvalue weighted by atomic mass is 16.5. The highest BCUT2D eigenvalue weighted by molar-refractivity contribution is 5.91. The van der Waals surface area contributed by atoms with Gasteiger partial charge in [0.1, 0.15) is 0 Å². The maximum absolute atomic E-state index is 13.0. The number of amides is 1. The number of anilines is 1. The fourth-order valence-corrected chi connectivity index (χ4v) is 4.96. The molecule has 2 aliphatic carbocycles. The van der Waals surface area contributed by atoms with Gasteiger partial charge >= 0.3 is 6.01 Å². The number of carbonyl (C=O) groups is 1. The lowest BCUT2D eigenvalue weighted by Gasteiger charge is -2.31. The summed E-state index contributed by atoms with van der Waals surface area (Å²) in [7, 11) is 0. The molecule has 6 rings (SSSR count). The lowest BCUT2D eigenvalue weighted by atomic mass is 9.92. The van der Waals surface area contributed by atoms with Crippen LogP contribution >= 0.6 is 0 Å². The number of carbonyl (C=O) groups excluding carboxylic acids is 1. The van der Waals surface area contributed by atoms with Crippen molar-refractivity contribution in [2.24, 2.45) is 17.8 Å². The molecular formula is C25H29N9O2. The SMILES string of the molecule is C[C@@H](NC(=O)c1nc(OC[C@H]2CC2C#N)nc(N2CCC(c3[nH]nc4ncccc34)CC2)n1)C1CC1. The van der Waals surface area contributed by atoms with Gasteiger partial charge in [0.25, 0.3) is 5.91 Å². The molecule has 0 radical (unpaired) electrons. The molecule has 1 aliphatic heterocycles. The van der Waals surface area contributed by atoms with E-state index in [9.17, 15) is 4.79 Å². The second-order valence-corrected chi connectivity index (χ2v) is 10.2. The second-order valence-electron chi connectivity index (χ2n) is 10.2. The molecule has 0 aromatic carbocycles. The maximum atomic E-state index is 13.0. The number of aromatic nitrogens is 6. The summed E-state index contributed by atoms with van der Waals surface area (Å²) in [6.07, 6.45) is 6.62. The number of ether oxygens (including phenoxy) is 1. The van der Waals surface area contributed by atoms with E-state index >= 15 is 0 Å². The Morgan fingerprint density at radius 1 is 1.28 bits per heavy atom. The number of pyridine rings is 1. The summed E-state index contributed by atoms with van der Waals surface area (Å²) in [6.45, 7) is 3.84. The molecule has 11 nitrogen and oxygen atoms in total. The van der Waals surface area contributed by atoms with Crippen molar-refractivity contribution in [2.75, 3.05) is 24.6 Å². The van der Waals surface area contributed by atoms with Crippen LogP contribution in [-0.2, 0) is 0 Å². The summed E-state index contributed by atoms with van der Waals surface area (Å²) in [4.78, 5) is 32.8. The highest BCUT2D eigenvalue weighted by Crippen LogP contribution is 2.38. The molecule has 0 spiro atoms. The first-order chi connectivity index (χ1) is 17.6. The second kappa shape index (κ2) is 9.33. The summed E-state index contributed by atoms with van der Waals surface area (Å²) >= 11 is 0. The third-order valence-electron chi connectivity index (χ3n) is 7.55. The Bertz CT molecular complexity index is 1310. The smallest absolute Gasteiger partial charge is 0.321 e. The third-order valence-corrected chi connectivity index (χ3v) is 7.55. The minimum atomic E-state index is -0.310. The normalized spacial score (nSPS) is 22.7. The fraction of sp³-hybridized carbons (Fsp3) is 0.560. The lowest BCUT2D eigenvalue weighted by molar-refractivity contribution is 0.0923. The summed E-state index contributed by atoms with van der Waals surface area (Å²) in [5, 5.41) is 20.7. The van der Waals surface area contributed by atoms with Gasteiger partial charge in [-0.15, -0.1) is 0 Å². The van der Waals surface area contributed by atoms with E-state index in [1.165, 1.54) is 0 Å². The Morgan fingerprint density at radius 3 is 2.86 bits per heavy atom. The van der Waals surface area contributed by atoms with Gasteiger partial charge in [-0.1, -0.05) is 0 Å². The number of H-pyrrole nitrogens is 1. The molecule has 1 saturated heterocycles. The van der Waals surface area contributed by atoms with E-state index in [1.807, 2.05) is 19.1 Å². The number of hydrogen-bond acceptors (Lipinski definition) is 9. The van der Waals surface area contributed by atoms with Gasteiger partial charge in [-0.2, -0.15) is 25.3 Å². The molecule has 1 unspecified atom stereocenters. The average molecular weight is 488 g/mol. The molecule has 2 saturated carbocycles. The summed E-state index contributed by atoms with van der Waals surface area (Å²) < 4.78 is 5.84. The Balaban J connectivity index is 1.18. The molecular weight excluding hydrogens is 458 g/mol. The van der Waals surface area contributed by atoms with Gasteiger partial charge in [0.15, 0.2) is 5.65 Å². The van der Waals surface area contributed by atoms with Gasteiger partial charge in [-0.3, -0.25) is 9.89 Å². The monoisotopic (exact) mass is 487 g/mol. The predicted octanol–water partition coefficient (Wildman–Crippen LogP) is 2.59. The van der Waals surface area contributed by atoms with Gasteiger partial charge in [-0.05, 0) is 57.1 Å². The summed E-state index contributed by atoms with van der Waals surface area (Å²) in [5.74, 6) is 1.28. The average Bonchev–Trinajstić information content (AvgIpc) is 3.84. The molecule has 3 fully saturated rings. The standard InChI is InChI=1S/C25H29N9O2/c1-14(15-4-5-15)28-23(35)22-29-24(31-25(30-22)36-13-18-11-17(18)12-26)34-9-6-16(7-10-34)20-19-3-2-8-27-21(19)33-32-20/h2-3,8,14-18H,4-7,9-11,13H2,1H3,(H,28,35)(H,27,32,33)/t14-,17?,18-/m1/s1. The molecule has 3 aromatic heterocycles. The number of aromatic amines is 1. The molecule has 0 bridgehead atoms. The fourth-order valence-electron chi connectivity index (χ4n) is 4.96. The van der Waals surface area contributed by atoms with Crippen LogP contribution in [0.4, 0.5) is 5.95 Å². The number of fused-ring (bicyclic) bond motifs is 1. The van der Waals surface area contributed by atoms with E-state index in [0.717, 1.165) is 61.9 Å². The highest BCUT2D eigenvalue weighted by Gasteiger charge is 2.38. The number of nitrogens with one attached hydrogen (secondary N) is 2. The van der Waals surface area contributed by atoms with Crippen molar-refractivity contribution < 1.29 is 9.53 Å². The van der Waals surface area contributed by atoms with Crippen LogP contribution in [0.2, 0.25) is 0 Å². The minimum absolute atomic E-state index is 0.0289. The Kier molecular flexibility index (Phi) is 5.87. The van der Waals surface area contributed by atoms with E-state index in [2.05, 4.69) is 46.4 Å². The van der Waals surface area contributed by atoms with Crippen LogP contribution in [0.3, 0.4) is 0 Å². The first kappa shape index (κ1) is 22.6. The van der Waals surface area contributed by atoms with Crippen LogP contribution in [-0.4, -0.2) is 61.8 Å². The minimum Gasteiger partial charge on any atom is -0.463 e. The number of nitriles is 1. The number of piperidine rings is 1. The first-order valence-electron chi connectivity index (χ1n) is 12.7. The van der Waals surface area contributed by atoms with E-state index in [4.69, 9.17) is 10.00 Å². The van der Waals surface area contributed by atoms with Crippen LogP contribution in [0.5, 0.6) is 6.01 Å². The van der Waals surface area contributed by atoms with E-state index in [1.54, 1.807) is 6.20 Å². The zero-order valence-electron chi connectivity index (χ0n) is 20.2. The van der Waals surface area contributed by atoms with E-state index in [0.29, 0.717) is 24.4 Å². The topological polar surface area (TPSA) is 146 Å². The molecule has 3 atom stereocenters. The van der Waals surface area contributed by atoms with Crippen LogP contribution in [0, 0.1) is 29.1 Å². The predicted molar refractivity (Wildman–Crippen MR) is 130 cm³/mol. The quantitative estimate of drug-likeness (QED) is 0.489. The van der Waals surface area contributed by atoms with Crippen molar-refractivity contribution in [3.05, 3.63) is 29.8 Å². The van der Waals surface area contributed by atoms with Gasteiger partial charge in [0.2, 0.25) is 11.8 Å². The Labute approximate surface area is 208 Å². The Morgan fingerprint density at radius 2 is 2.11 bits per heavy atom. The van der Waals surface area contributed by atoms with Gasteiger partial charge in [0.05, 0.1) is 18.6 Å². The zero-order chi connectivity index (χ0) is 24.6. The first-order valence-corrected chi connectivity index (χ1v) is 12.7. The summed E-state index contributed by atoms with van der Waals surface area (Å²) in [6, 6.07) is 6.47. The van der Waals surface area contributed by atoms with Gasteiger partial charge < -0.3 is 15.0 Å². The maximum Gasteiger partial charge on any atom is 0.321 e. The summed E-state index contributed by atoms with van der Waals surface area (Å²) in [5.41, 5.74) is 1.85. The molecule has 2 N–H and O–H groups in total. The van der Waals surface area contributed by atoms with Gasteiger partial charge in [-0.25, -0.2) is 4.98 Å². The molecule has 3 aliphatic rings. The molecule has 1 amide bonds. The largest absolute Gasteiger partial charge is 0.463 e. The molecule has 36 heavy (non-hydrogen) atoms. The molecule has 3 aromatic rings. The van der Waals surface area contributed by atoms with Crippen LogP contribution < -0.4 is 15.0 Å². The zero-order valence-corrected chi connectivity index (χ0v) is 20.2. The van der Waals surface area contributed by atoms with Crippen LogP contribution in [0.15, 0.2) is 18.3 Å². The third kappa shape index (κ3) is 4.67. The number of nitrogens with zero attached hydrogens (tertiary/aromatic N) is 7. The molecule has 11 heteroatoms. The molecule has 186 valence electrons. The van der Waals surface area contributed by atoms with Crippen LogP contribution in [0.25, 0.3) is 11.0 Å². The lowest BCUT2D eigenvalue weighted by Crippen LogP contribution is -2.37. The van der Waals surface area contributed by atoms with Crippen molar-refractivity contribution in [3.8, 4) is 12.1 Å². The number of rotatable bonds is 8. The van der Waals surface area contributed by atoms with E-state index < -0.39 is 0 Å². The van der Waals surface area contributed by atoms with Gasteiger partial charge in [0, 0.05) is 48.2 Å². The van der Waals surface area contributed by atoms with Crippen LogP contribution in [0.1, 0.15) is 61.3 Å². The Hall–Kier alpha value is -3.81. The van der Waals surface area contributed by atoms with Crippen molar-refractivity contribution >= 4 is 22.9 Å². The van der Waals surface area contributed by atoms with E-state index in [-0.39, 0.29) is 35.6 Å².